The van der Waals surface area contributed by atoms with Gasteiger partial charge in [0.15, 0.2) is 0 Å². The smallest absolute Gasteiger partial charge is 0.0428 e. The highest BCUT2D eigenvalue weighted by molar-refractivity contribution is 7.99. The SMILES string of the molecule is CN(C)CCSC(CN)c1ccsc1. The summed E-state index contributed by atoms with van der Waals surface area (Å²) in [6.45, 7) is 1.85. The minimum Gasteiger partial charge on any atom is -0.329 e. The van der Waals surface area contributed by atoms with E-state index in [1.54, 1.807) is 11.3 Å². The minimum atomic E-state index is 0.473. The number of hydrogen-bond acceptors (Lipinski definition) is 4. The van der Waals surface area contributed by atoms with Crippen LogP contribution in [-0.2, 0) is 0 Å². The molecule has 0 amide bonds. The molecule has 2 nitrogen and oxygen atoms in total. The van der Waals surface area contributed by atoms with Crippen LogP contribution in [0.4, 0.5) is 0 Å². The lowest BCUT2D eigenvalue weighted by Crippen LogP contribution is -2.17. The highest BCUT2D eigenvalue weighted by Crippen LogP contribution is 2.28. The van der Waals surface area contributed by atoms with Gasteiger partial charge in [-0.15, -0.1) is 0 Å². The van der Waals surface area contributed by atoms with Crippen molar-refractivity contribution in [2.24, 2.45) is 5.73 Å². The molecule has 0 spiro atoms. The fraction of sp³-hybridized carbons (Fsp3) is 0.600. The van der Waals surface area contributed by atoms with Gasteiger partial charge in [0.25, 0.3) is 0 Å². The molecule has 80 valence electrons. The lowest BCUT2D eigenvalue weighted by Gasteiger charge is -2.15. The Hall–Kier alpha value is -0.0300. The Labute approximate surface area is 94.5 Å². The van der Waals surface area contributed by atoms with Crippen molar-refractivity contribution in [3.63, 3.8) is 0 Å². The van der Waals surface area contributed by atoms with Crippen molar-refractivity contribution in [1.82, 2.24) is 4.90 Å². The van der Waals surface area contributed by atoms with Crippen molar-refractivity contribution in [3.05, 3.63) is 22.4 Å². The van der Waals surface area contributed by atoms with Crippen molar-refractivity contribution in [3.8, 4) is 0 Å². The van der Waals surface area contributed by atoms with E-state index in [1.807, 2.05) is 11.8 Å². The van der Waals surface area contributed by atoms with Gasteiger partial charge in [0.1, 0.15) is 0 Å². The third-order valence-electron chi connectivity index (χ3n) is 1.99. The van der Waals surface area contributed by atoms with Crippen molar-refractivity contribution in [2.75, 3.05) is 32.9 Å². The Bertz CT molecular complexity index is 234. The number of nitrogens with two attached hydrogens (primary N) is 1. The van der Waals surface area contributed by atoms with Gasteiger partial charge in [-0.3, -0.25) is 0 Å². The van der Waals surface area contributed by atoms with Gasteiger partial charge in [0.2, 0.25) is 0 Å². The average Bonchev–Trinajstić information content (AvgIpc) is 2.64. The molecule has 1 aromatic heterocycles. The maximum Gasteiger partial charge on any atom is 0.0428 e. The van der Waals surface area contributed by atoms with E-state index in [1.165, 1.54) is 5.56 Å². The lowest BCUT2D eigenvalue weighted by molar-refractivity contribution is 0.437. The quantitative estimate of drug-likeness (QED) is 0.811. The maximum absolute atomic E-state index is 5.75. The van der Waals surface area contributed by atoms with Crippen LogP contribution in [0.5, 0.6) is 0 Å². The van der Waals surface area contributed by atoms with Crippen molar-refractivity contribution < 1.29 is 0 Å². The standard InChI is InChI=1S/C10H18N2S2/c1-12(2)4-6-14-10(7-11)9-3-5-13-8-9/h3,5,8,10H,4,6-7,11H2,1-2H3. The molecule has 0 bridgehead atoms. The molecule has 0 aliphatic rings. The topological polar surface area (TPSA) is 29.3 Å². The molecule has 14 heavy (non-hydrogen) atoms. The normalized spacial score (nSPS) is 13.4. The Kier molecular flexibility index (Phi) is 5.55. The predicted molar refractivity (Wildman–Crippen MR) is 67.1 cm³/mol. The Morgan fingerprint density at radius 1 is 1.57 bits per heavy atom. The van der Waals surface area contributed by atoms with Crippen LogP contribution in [0.1, 0.15) is 10.8 Å². The molecule has 1 unspecified atom stereocenters. The van der Waals surface area contributed by atoms with Gasteiger partial charge in [-0.25, -0.2) is 0 Å². The molecule has 0 saturated heterocycles. The third kappa shape index (κ3) is 4.00. The van der Waals surface area contributed by atoms with E-state index in [4.69, 9.17) is 5.73 Å². The summed E-state index contributed by atoms with van der Waals surface area (Å²) in [6, 6.07) is 2.17. The van der Waals surface area contributed by atoms with E-state index in [-0.39, 0.29) is 0 Å². The van der Waals surface area contributed by atoms with Crippen molar-refractivity contribution >= 4 is 23.1 Å². The molecular weight excluding hydrogens is 212 g/mol. The molecule has 0 saturated carbocycles. The number of rotatable bonds is 6. The second kappa shape index (κ2) is 6.45. The summed E-state index contributed by atoms with van der Waals surface area (Å²) in [5.74, 6) is 1.14. The zero-order valence-electron chi connectivity index (χ0n) is 8.77. The summed E-state index contributed by atoms with van der Waals surface area (Å²) in [7, 11) is 4.20. The Morgan fingerprint density at radius 2 is 2.36 bits per heavy atom. The van der Waals surface area contributed by atoms with E-state index in [9.17, 15) is 0 Å². The van der Waals surface area contributed by atoms with E-state index in [2.05, 4.69) is 35.8 Å². The maximum atomic E-state index is 5.75. The van der Waals surface area contributed by atoms with Gasteiger partial charge in [-0.1, -0.05) is 0 Å². The first-order chi connectivity index (χ1) is 6.74. The lowest BCUT2D eigenvalue weighted by atomic mass is 10.2. The molecule has 1 atom stereocenters. The highest BCUT2D eigenvalue weighted by atomic mass is 32.2. The van der Waals surface area contributed by atoms with Crippen LogP contribution in [0.3, 0.4) is 0 Å². The van der Waals surface area contributed by atoms with E-state index in [0.717, 1.165) is 18.8 Å². The van der Waals surface area contributed by atoms with Gasteiger partial charge < -0.3 is 10.6 Å². The first kappa shape index (κ1) is 12.0. The molecule has 4 heteroatoms. The van der Waals surface area contributed by atoms with Crippen LogP contribution >= 0.6 is 23.1 Å². The zero-order chi connectivity index (χ0) is 10.4. The summed E-state index contributed by atoms with van der Waals surface area (Å²) in [5, 5.41) is 4.78. The summed E-state index contributed by atoms with van der Waals surface area (Å²) < 4.78 is 0. The molecule has 0 fully saturated rings. The molecule has 2 N–H and O–H groups in total. The number of thioether (sulfide) groups is 1. The molecule has 0 aliphatic carbocycles. The zero-order valence-corrected chi connectivity index (χ0v) is 10.4. The third-order valence-corrected chi connectivity index (χ3v) is 3.97. The number of nitrogens with zero attached hydrogens (tertiary/aromatic N) is 1. The average molecular weight is 230 g/mol. The highest BCUT2D eigenvalue weighted by Gasteiger charge is 2.09. The largest absolute Gasteiger partial charge is 0.329 e. The molecule has 0 aliphatic heterocycles. The van der Waals surface area contributed by atoms with Crippen LogP contribution in [0.15, 0.2) is 16.8 Å². The summed E-state index contributed by atoms with van der Waals surface area (Å²) in [5.41, 5.74) is 7.13. The van der Waals surface area contributed by atoms with Gasteiger partial charge in [0.05, 0.1) is 0 Å². The Morgan fingerprint density at radius 3 is 2.86 bits per heavy atom. The van der Waals surface area contributed by atoms with E-state index < -0.39 is 0 Å². The number of hydrogen-bond donors (Lipinski definition) is 1. The van der Waals surface area contributed by atoms with E-state index in [0.29, 0.717) is 5.25 Å². The van der Waals surface area contributed by atoms with Gasteiger partial charge >= 0.3 is 0 Å². The predicted octanol–water partition coefficient (Wildman–Crippen LogP) is 2.04. The van der Waals surface area contributed by atoms with Gasteiger partial charge in [-0.2, -0.15) is 23.1 Å². The second-order valence-corrected chi connectivity index (χ2v) is 5.55. The first-order valence-corrected chi connectivity index (χ1v) is 6.71. The molecule has 0 aromatic carbocycles. The fourth-order valence-electron chi connectivity index (χ4n) is 1.14. The Balaban J connectivity index is 2.33. The van der Waals surface area contributed by atoms with Gasteiger partial charge in [-0.05, 0) is 36.5 Å². The summed E-state index contributed by atoms with van der Waals surface area (Å²) >= 11 is 3.69. The van der Waals surface area contributed by atoms with Gasteiger partial charge in [0, 0.05) is 24.1 Å². The summed E-state index contributed by atoms with van der Waals surface area (Å²) in [4.78, 5) is 2.20. The fourth-order valence-corrected chi connectivity index (χ4v) is 3.17. The van der Waals surface area contributed by atoms with Crippen molar-refractivity contribution in [2.45, 2.75) is 5.25 Å². The molecule has 0 radical (unpaired) electrons. The summed E-state index contributed by atoms with van der Waals surface area (Å²) in [6.07, 6.45) is 0. The van der Waals surface area contributed by atoms with Crippen LogP contribution in [0.2, 0.25) is 0 Å². The number of thiophene rings is 1. The molecular formula is C10H18N2S2. The second-order valence-electron chi connectivity index (χ2n) is 3.46. The van der Waals surface area contributed by atoms with E-state index >= 15 is 0 Å². The molecule has 1 aromatic rings. The van der Waals surface area contributed by atoms with Crippen LogP contribution < -0.4 is 5.73 Å². The van der Waals surface area contributed by atoms with Crippen molar-refractivity contribution in [1.29, 1.82) is 0 Å². The first-order valence-electron chi connectivity index (χ1n) is 4.72. The van der Waals surface area contributed by atoms with Crippen LogP contribution in [0.25, 0.3) is 0 Å². The molecule has 1 rings (SSSR count). The monoisotopic (exact) mass is 230 g/mol. The van der Waals surface area contributed by atoms with Crippen LogP contribution in [0, 0.1) is 0 Å². The minimum absolute atomic E-state index is 0.473. The molecule has 1 heterocycles. The van der Waals surface area contributed by atoms with Crippen LogP contribution in [-0.4, -0.2) is 37.8 Å².